The van der Waals surface area contributed by atoms with E-state index < -0.39 is 5.97 Å². The van der Waals surface area contributed by atoms with Crippen molar-refractivity contribution in [3.8, 4) is 0 Å². The standard InChI is InChI=1S/C13H16O3/c1-8(7-9-5-4-6-16-9)10-11(12(14)15)13(10,2)3/h4-7,10-11H,1-3H3,(H,14,15)/b8-7+/t10-,11+/m0/s1. The fourth-order valence-electron chi connectivity index (χ4n) is 2.64. The number of hydrogen-bond donors (Lipinski definition) is 1. The summed E-state index contributed by atoms with van der Waals surface area (Å²) in [6, 6.07) is 3.69. The highest BCUT2D eigenvalue weighted by atomic mass is 16.4. The zero-order chi connectivity index (χ0) is 11.9. The molecule has 0 saturated heterocycles. The Hall–Kier alpha value is -1.51. The highest BCUT2D eigenvalue weighted by molar-refractivity contribution is 5.77. The molecule has 1 aliphatic rings. The van der Waals surface area contributed by atoms with Crippen molar-refractivity contribution in [3.63, 3.8) is 0 Å². The molecule has 1 aromatic heterocycles. The van der Waals surface area contributed by atoms with Gasteiger partial charge < -0.3 is 9.52 Å². The zero-order valence-electron chi connectivity index (χ0n) is 9.73. The Bertz CT molecular complexity index is 426. The molecule has 86 valence electrons. The maximum atomic E-state index is 11.0. The van der Waals surface area contributed by atoms with Crippen molar-refractivity contribution in [2.75, 3.05) is 0 Å². The second kappa shape index (κ2) is 3.51. The van der Waals surface area contributed by atoms with E-state index in [1.54, 1.807) is 6.26 Å². The molecule has 3 heteroatoms. The van der Waals surface area contributed by atoms with E-state index in [2.05, 4.69) is 0 Å². The normalized spacial score (nSPS) is 27.8. The molecule has 1 fully saturated rings. The summed E-state index contributed by atoms with van der Waals surface area (Å²) in [5.74, 6) is -0.0691. The largest absolute Gasteiger partial charge is 0.481 e. The lowest BCUT2D eigenvalue weighted by Crippen LogP contribution is -2.03. The maximum absolute atomic E-state index is 11.0. The number of carboxylic acids is 1. The lowest BCUT2D eigenvalue weighted by Gasteiger charge is -2.01. The van der Waals surface area contributed by atoms with Gasteiger partial charge in [-0.15, -0.1) is 0 Å². The SMILES string of the molecule is C/C(=C\c1ccco1)[C@H]1[C@H](C(=O)O)C1(C)C. The van der Waals surface area contributed by atoms with Crippen LogP contribution in [-0.2, 0) is 4.79 Å². The van der Waals surface area contributed by atoms with Gasteiger partial charge in [0.1, 0.15) is 5.76 Å². The minimum Gasteiger partial charge on any atom is -0.481 e. The highest BCUT2D eigenvalue weighted by Gasteiger charge is 2.62. The van der Waals surface area contributed by atoms with Crippen LogP contribution in [0.25, 0.3) is 6.08 Å². The third kappa shape index (κ3) is 1.66. The fraction of sp³-hybridized carbons (Fsp3) is 0.462. The van der Waals surface area contributed by atoms with Gasteiger partial charge in [-0.2, -0.15) is 0 Å². The van der Waals surface area contributed by atoms with E-state index in [0.29, 0.717) is 0 Å². The highest BCUT2D eigenvalue weighted by Crippen LogP contribution is 2.61. The van der Waals surface area contributed by atoms with E-state index in [0.717, 1.165) is 11.3 Å². The van der Waals surface area contributed by atoms with Crippen LogP contribution in [0.2, 0.25) is 0 Å². The number of hydrogen-bond acceptors (Lipinski definition) is 2. The van der Waals surface area contributed by atoms with E-state index in [-0.39, 0.29) is 17.3 Å². The van der Waals surface area contributed by atoms with Crippen molar-refractivity contribution in [2.45, 2.75) is 20.8 Å². The number of furan rings is 1. The first kappa shape index (κ1) is 11.0. The minimum atomic E-state index is -0.706. The van der Waals surface area contributed by atoms with E-state index in [1.807, 2.05) is 39.0 Å². The summed E-state index contributed by atoms with van der Waals surface area (Å²) in [4.78, 5) is 11.0. The minimum absolute atomic E-state index is 0.120. The van der Waals surface area contributed by atoms with E-state index in [9.17, 15) is 4.79 Å². The Morgan fingerprint density at radius 3 is 2.62 bits per heavy atom. The van der Waals surface area contributed by atoms with Crippen molar-refractivity contribution in [3.05, 3.63) is 29.7 Å². The molecule has 1 N–H and O–H groups in total. The van der Waals surface area contributed by atoms with Gasteiger partial charge in [-0.3, -0.25) is 4.79 Å². The summed E-state index contributed by atoms with van der Waals surface area (Å²) in [7, 11) is 0. The molecule has 0 aromatic carbocycles. The van der Waals surface area contributed by atoms with Crippen molar-refractivity contribution >= 4 is 12.0 Å². The molecule has 0 bridgehead atoms. The molecule has 0 spiro atoms. The van der Waals surface area contributed by atoms with Crippen LogP contribution in [-0.4, -0.2) is 11.1 Å². The molecular weight excluding hydrogens is 204 g/mol. The third-order valence-corrected chi connectivity index (χ3v) is 3.50. The van der Waals surface area contributed by atoms with Crippen LogP contribution in [0.3, 0.4) is 0 Å². The van der Waals surface area contributed by atoms with Gasteiger partial charge in [-0.05, 0) is 36.5 Å². The van der Waals surface area contributed by atoms with Crippen LogP contribution >= 0.6 is 0 Å². The number of allylic oxidation sites excluding steroid dienone is 1. The van der Waals surface area contributed by atoms with E-state index in [4.69, 9.17) is 9.52 Å². The lowest BCUT2D eigenvalue weighted by atomic mass is 10.0. The predicted molar refractivity (Wildman–Crippen MR) is 60.8 cm³/mol. The molecule has 16 heavy (non-hydrogen) atoms. The van der Waals surface area contributed by atoms with Gasteiger partial charge in [0.05, 0.1) is 12.2 Å². The van der Waals surface area contributed by atoms with Crippen LogP contribution in [0.15, 0.2) is 28.4 Å². The summed E-state index contributed by atoms with van der Waals surface area (Å²) < 4.78 is 5.22. The Morgan fingerprint density at radius 2 is 2.19 bits per heavy atom. The van der Waals surface area contributed by atoms with Crippen molar-refractivity contribution in [2.24, 2.45) is 17.3 Å². The van der Waals surface area contributed by atoms with Gasteiger partial charge in [0.15, 0.2) is 0 Å². The Labute approximate surface area is 94.8 Å². The van der Waals surface area contributed by atoms with Crippen molar-refractivity contribution in [1.82, 2.24) is 0 Å². The molecule has 1 aromatic rings. The molecule has 0 radical (unpaired) electrons. The molecule has 2 rings (SSSR count). The summed E-state index contributed by atoms with van der Waals surface area (Å²) in [5, 5.41) is 9.08. The molecule has 0 unspecified atom stereocenters. The van der Waals surface area contributed by atoms with E-state index >= 15 is 0 Å². The first-order valence-corrected chi connectivity index (χ1v) is 5.39. The fourth-order valence-corrected chi connectivity index (χ4v) is 2.64. The quantitative estimate of drug-likeness (QED) is 0.851. The second-order valence-corrected chi connectivity index (χ2v) is 5.02. The average molecular weight is 220 g/mol. The molecule has 3 nitrogen and oxygen atoms in total. The van der Waals surface area contributed by atoms with Gasteiger partial charge in [0.2, 0.25) is 0 Å². The van der Waals surface area contributed by atoms with E-state index in [1.165, 1.54) is 0 Å². The van der Waals surface area contributed by atoms with Gasteiger partial charge in [-0.25, -0.2) is 0 Å². The Morgan fingerprint density at radius 1 is 1.50 bits per heavy atom. The predicted octanol–water partition coefficient (Wildman–Crippen LogP) is 3.04. The number of aliphatic carboxylic acids is 1. The first-order chi connectivity index (χ1) is 7.44. The monoisotopic (exact) mass is 220 g/mol. The summed E-state index contributed by atoms with van der Waals surface area (Å²) in [6.07, 6.45) is 3.54. The first-order valence-electron chi connectivity index (χ1n) is 5.39. The smallest absolute Gasteiger partial charge is 0.307 e. The van der Waals surface area contributed by atoms with Crippen molar-refractivity contribution < 1.29 is 14.3 Å². The van der Waals surface area contributed by atoms with Crippen LogP contribution in [0.4, 0.5) is 0 Å². The summed E-state index contributed by atoms with van der Waals surface area (Å²) >= 11 is 0. The maximum Gasteiger partial charge on any atom is 0.307 e. The molecule has 1 saturated carbocycles. The number of carbonyl (C=O) groups is 1. The number of carboxylic acid groups (broad SMARTS) is 1. The average Bonchev–Trinajstić information content (AvgIpc) is 2.58. The second-order valence-electron chi connectivity index (χ2n) is 5.02. The Kier molecular flexibility index (Phi) is 2.41. The van der Waals surface area contributed by atoms with Gasteiger partial charge in [-0.1, -0.05) is 19.4 Å². The van der Waals surface area contributed by atoms with Gasteiger partial charge >= 0.3 is 5.97 Å². The Balaban J connectivity index is 2.19. The number of rotatable bonds is 3. The molecule has 1 heterocycles. The van der Waals surface area contributed by atoms with Gasteiger partial charge in [0.25, 0.3) is 0 Å². The molecule has 2 atom stereocenters. The van der Waals surface area contributed by atoms with Crippen LogP contribution in [0.5, 0.6) is 0 Å². The third-order valence-electron chi connectivity index (χ3n) is 3.50. The lowest BCUT2D eigenvalue weighted by molar-refractivity contribution is -0.139. The molecular formula is C13H16O3. The van der Waals surface area contributed by atoms with Crippen LogP contribution in [0.1, 0.15) is 26.5 Å². The topological polar surface area (TPSA) is 50.4 Å². The molecule has 0 amide bonds. The van der Waals surface area contributed by atoms with Crippen molar-refractivity contribution in [1.29, 1.82) is 0 Å². The molecule has 1 aliphatic carbocycles. The van der Waals surface area contributed by atoms with Crippen LogP contribution in [0, 0.1) is 17.3 Å². The summed E-state index contributed by atoms with van der Waals surface area (Å²) in [6.45, 7) is 5.96. The van der Waals surface area contributed by atoms with Gasteiger partial charge in [0, 0.05) is 0 Å². The van der Waals surface area contributed by atoms with Crippen LogP contribution < -0.4 is 0 Å². The zero-order valence-corrected chi connectivity index (χ0v) is 9.73. The summed E-state index contributed by atoms with van der Waals surface area (Å²) in [5.41, 5.74) is 0.936. The molecule has 0 aliphatic heterocycles.